The van der Waals surface area contributed by atoms with Gasteiger partial charge >= 0.3 is 5.97 Å². The normalized spacial score (nSPS) is 20.7. The Labute approximate surface area is 77.7 Å². The third-order valence-electron chi connectivity index (χ3n) is 1.59. The second kappa shape index (κ2) is 2.84. The maximum atomic E-state index is 10.7. The maximum absolute atomic E-state index is 10.7. The summed E-state index contributed by atoms with van der Waals surface area (Å²) in [6.07, 6.45) is 1.45. The first kappa shape index (κ1) is 8.24. The van der Waals surface area contributed by atoms with Crippen LogP contribution >= 0.6 is 11.8 Å². The monoisotopic (exact) mass is 198 g/mol. The molecule has 2 rings (SSSR count). The van der Waals surface area contributed by atoms with Gasteiger partial charge < -0.3 is 5.11 Å². The van der Waals surface area contributed by atoms with Gasteiger partial charge in [-0.3, -0.25) is 4.79 Å². The van der Waals surface area contributed by atoms with E-state index in [2.05, 4.69) is 15.3 Å². The second-order valence-electron chi connectivity index (χ2n) is 2.54. The van der Waals surface area contributed by atoms with Gasteiger partial charge in [0, 0.05) is 0 Å². The molecule has 0 amide bonds. The van der Waals surface area contributed by atoms with Crippen molar-refractivity contribution < 1.29 is 9.90 Å². The van der Waals surface area contributed by atoms with E-state index in [0.717, 1.165) is 11.8 Å². The van der Waals surface area contributed by atoms with Crippen LogP contribution in [-0.2, 0) is 4.79 Å². The van der Waals surface area contributed by atoms with Crippen LogP contribution in [0.1, 0.15) is 6.92 Å². The lowest BCUT2D eigenvalue weighted by atomic mass is 10.3. The van der Waals surface area contributed by atoms with Gasteiger partial charge in [0.1, 0.15) is 11.6 Å². The van der Waals surface area contributed by atoms with Crippen LogP contribution in [0.4, 0.5) is 0 Å². The van der Waals surface area contributed by atoms with E-state index < -0.39 is 11.2 Å². The van der Waals surface area contributed by atoms with Crippen LogP contribution in [0.15, 0.2) is 16.6 Å². The standard InChI is InChI=1S/C6H6N4O2S/c1-3-4(5(11)12)13-6-8-7-2-10(6)9-3/h2,4H,1H3,(H,11,12). The van der Waals surface area contributed by atoms with Gasteiger partial charge in [0.15, 0.2) is 0 Å². The Balaban J connectivity index is 2.40. The van der Waals surface area contributed by atoms with Crippen LogP contribution in [0.3, 0.4) is 0 Å². The zero-order valence-corrected chi connectivity index (χ0v) is 7.52. The smallest absolute Gasteiger partial charge is 0.322 e. The molecule has 1 aromatic rings. The number of fused-ring (bicyclic) bond motifs is 1. The van der Waals surface area contributed by atoms with Gasteiger partial charge in [0.2, 0.25) is 5.16 Å². The van der Waals surface area contributed by atoms with Crippen molar-refractivity contribution >= 4 is 23.4 Å². The van der Waals surface area contributed by atoms with Gasteiger partial charge in [-0.1, -0.05) is 11.8 Å². The van der Waals surface area contributed by atoms with E-state index in [1.807, 2.05) is 0 Å². The van der Waals surface area contributed by atoms with Gasteiger partial charge in [-0.25, -0.2) is 0 Å². The van der Waals surface area contributed by atoms with Gasteiger partial charge in [-0.05, 0) is 6.92 Å². The maximum Gasteiger partial charge on any atom is 0.322 e. The fourth-order valence-electron chi connectivity index (χ4n) is 1.01. The Hall–Kier alpha value is -1.37. The van der Waals surface area contributed by atoms with Gasteiger partial charge in [0.05, 0.1) is 5.71 Å². The summed E-state index contributed by atoms with van der Waals surface area (Å²) < 4.78 is 1.47. The van der Waals surface area contributed by atoms with Gasteiger partial charge in [0.25, 0.3) is 0 Å². The van der Waals surface area contributed by atoms with Gasteiger partial charge in [-0.15, -0.1) is 10.2 Å². The van der Waals surface area contributed by atoms with Gasteiger partial charge in [-0.2, -0.15) is 9.78 Å². The molecule has 0 saturated carbocycles. The van der Waals surface area contributed by atoms with E-state index in [1.54, 1.807) is 6.92 Å². The largest absolute Gasteiger partial charge is 0.480 e. The minimum Gasteiger partial charge on any atom is -0.480 e. The summed E-state index contributed by atoms with van der Waals surface area (Å²) in [4.78, 5) is 10.7. The Kier molecular flexibility index (Phi) is 1.80. The third kappa shape index (κ3) is 1.31. The van der Waals surface area contributed by atoms with Crippen molar-refractivity contribution in [1.29, 1.82) is 0 Å². The molecule has 1 aromatic heterocycles. The van der Waals surface area contributed by atoms with E-state index >= 15 is 0 Å². The molecule has 7 heteroatoms. The first-order chi connectivity index (χ1) is 6.18. The number of nitrogens with zero attached hydrogens (tertiary/aromatic N) is 4. The van der Waals surface area contributed by atoms with Crippen molar-refractivity contribution in [2.24, 2.45) is 5.10 Å². The highest BCUT2D eigenvalue weighted by molar-refractivity contribution is 8.01. The molecular formula is C6H6N4O2S. The number of aromatic nitrogens is 3. The van der Waals surface area contributed by atoms with Crippen molar-refractivity contribution in [2.75, 3.05) is 0 Å². The van der Waals surface area contributed by atoms with Crippen LogP contribution in [0.5, 0.6) is 0 Å². The van der Waals surface area contributed by atoms with E-state index in [9.17, 15) is 4.79 Å². The van der Waals surface area contributed by atoms with Crippen molar-refractivity contribution in [1.82, 2.24) is 14.9 Å². The first-order valence-electron chi connectivity index (χ1n) is 3.53. The number of carboxylic acid groups (broad SMARTS) is 1. The lowest BCUT2D eigenvalue weighted by molar-refractivity contribution is -0.135. The number of hydrogen-bond donors (Lipinski definition) is 1. The van der Waals surface area contributed by atoms with Crippen LogP contribution in [0, 0.1) is 0 Å². The molecule has 0 saturated heterocycles. The summed E-state index contributed by atoms with van der Waals surface area (Å²) >= 11 is 1.14. The zero-order valence-electron chi connectivity index (χ0n) is 6.71. The van der Waals surface area contributed by atoms with Crippen molar-refractivity contribution in [2.45, 2.75) is 17.3 Å². The predicted octanol–water partition coefficient (Wildman–Crippen LogP) is 0.0610. The Morgan fingerprint density at radius 3 is 3.23 bits per heavy atom. The number of carbonyl (C=O) groups is 1. The SMILES string of the molecule is CC1=Nn2cnnc2SC1C(=O)O. The quantitative estimate of drug-likeness (QED) is 0.690. The minimum absolute atomic E-state index is 0.512. The lowest BCUT2D eigenvalue weighted by Gasteiger charge is -2.15. The van der Waals surface area contributed by atoms with E-state index in [0.29, 0.717) is 10.9 Å². The molecule has 0 spiro atoms. The molecule has 0 radical (unpaired) electrons. The van der Waals surface area contributed by atoms with E-state index in [1.165, 1.54) is 11.0 Å². The molecular weight excluding hydrogens is 192 g/mol. The minimum atomic E-state index is -0.902. The predicted molar refractivity (Wildman–Crippen MR) is 45.8 cm³/mol. The summed E-state index contributed by atoms with van der Waals surface area (Å²) in [5, 5.41) is 20.1. The number of rotatable bonds is 1. The summed E-state index contributed by atoms with van der Waals surface area (Å²) in [6, 6.07) is 0. The van der Waals surface area contributed by atoms with Crippen LogP contribution in [-0.4, -0.2) is 36.9 Å². The molecule has 0 bridgehead atoms. The zero-order chi connectivity index (χ0) is 9.42. The first-order valence-corrected chi connectivity index (χ1v) is 4.41. The fraction of sp³-hybridized carbons (Fsp3) is 0.333. The molecule has 1 N–H and O–H groups in total. The average Bonchev–Trinajstić information content (AvgIpc) is 2.48. The van der Waals surface area contributed by atoms with E-state index in [-0.39, 0.29) is 0 Å². The molecule has 0 aliphatic carbocycles. The molecule has 0 fully saturated rings. The van der Waals surface area contributed by atoms with E-state index in [4.69, 9.17) is 5.11 Å². The van der Waals surface area contributed by atoms with Crippen LogP contribution < -0.4 is 0 Å². The molecule has 0 aromatic carbocycles. The molecule has 1 unspecified atom stereocenters. The molecule has 1 aliphatic heterocycles. The molecule has 68 valence electrons. The average molecular weight is 198 g/mol. The van der Waals surface area contributed by atoms with Crippen LogP contribution in [0.25, 0.3) is 0 Å². The van der Waals surface area contributed by atoms with Crippen molar-refractivity contribution in [3.8, 4) is 0 Å². The molecule has 6 nitrogen and oxygen atoms in total. The van der Waals surface area contributed by atoms with Crippen molar-refractivity contribution in [3.05, 3.63) is 6.33 Å². The summed E-state index contributed by atoms with van der Waals surface area (Å²) in [6.45, 7) is 1.68. The lowest BCUT2D eigenvalue weighted by Crippen LogP contribution is -2.28. The highest BCUT2D eigenvalue weighted by Gasteiger charge is 2.28. The fourth-order valence-corrected chi connectivity index (χ4v) is 1.83. The number of aliphatic carboxylic acids is 1. The molecule has 13 heavy (non-hydrogen) atoms. The third-order valence-corrected chi connectivity index (χ3v) is 2.85. The Morgan fingerprint density at radius 1 is 1.77 bits per heavy atom. The number of carboxylic acids is 1. The second-order valence-corrected chi connectivity index (χ2v) is 3.61. The Bertz CT molecular complexity index is 386. The molecule has 1 atom stereocenters. The molecule has 1 aliphatic rings. The number of thioether (sulfide) groups is 1. The summed E-state index contributed by atoms with van der Waals surface area (Å²) in [5.74, 6) is -0.902. The summed E-state index contributed by atoms with van der Waals surface area (Å²) in [7, 11) is 0. The van der Waals surface area contributed by atoms with Crippen LogP contribution in [0.2, 0.25) is 0 Å². The molecule has 2 heterocycles. The van der Waals surface area contributed by atoms with Crippen molar-refractivity contribution in [3.63, 3.8) is 0 Å². The topological polar surface area (TPSA) is 80.4 Å². The highest BCUT2D eigenvalue weighted by Crippen LogP contribution is 2.26. The highest BCUT2D eigenvalue weighted by atomic mass is 32.2. The summed E-state index contributed by atoms with van der Waals surface area (Å²) in [5.41, 5.74) is 0.546. The Morgan fingerprint density at radius 2 is 2.54 bits per heavy atom. The number of hydrogen-bond acceptors (Lipinski definition) is 5.